The van der Waals surface area contributed by atoms with Gasteiger partial charge in [0.2, 0.25) is 5.95 Å². The number of furan rings is 1. The molecule has 0 N–H and O–H groups in total. The minimum Gasteiger partial charge on any atom is -0.467 e. The van der Waals surface area contributed by atoms with Crippen LogP contribution in [-0.4, -0.2) is 51.5 Å². The highest BCUT2D eigenvalue weighted by Crippen LogP contribution is 2.33. The molecule has 1 fully saturated rings. The van der Waals surface area contributed by atoms with E-state index in [0.29, 0.717) is 48.5 Å². The van der Waals surface area contributed by atoms with E-state index < -0.39 is 0 Å². The van der Waals surface area contributed by atoms with E-state index in [9.17, 15) is 4.79 Å². The molecule has 43 heavy (non-hydrogen) atoms. The summed E-state index contributed by atoms with van der Waals surface area (Å²) in [5.74, 6) is 2.22. The first kappa shape index (κ1) is 30.5. The molecule has 3 heterocycles. The second-order valence-electron chi connectivity index (χ2n) is 12.3. The number of esters is 1. The van der Waals surface area contributed by atoms with Gasteiger partial charge in [0.25, 0.3) is 0 Å². The fourth-order valence-electron chi connectivity index (χ4n) is 5.50. The average Bonchev–Trinajstić information content (AvgIpc) is 3.65. The van der Waals surface area contributed by atoms with Crippen molar-refractivity contribution in [2.24, 2.45) is 0 Å². The Hall–Kier alpha value is -3.92. The quantitative estimate of drug-likeness (QED) is 0.137. The Balaban J connectivity index is 1.51. The molecule has 0 bridgehead atoms. The topological polar surface area (TPSA) is 98.8 Å². The lowest BCUT2D eigenvalue weighted by atomic mass is 9.84. The fraction of sp³-hybridized carbons (Fsp3) is 0.515. The van der Waals surface area contributed by atoms with Crippen molar-refractivity contribution in [1.29, 1.82) is 0 Å². The molecule has 3 aromatic heterocycles. The van der Waals surface area contributed by atoms with E-state index in [1.807, 2.05) is 49.8 Å². The van der Waals surface area contributed by atoms with Gasteiger partial charge < -0.3 is 28.3 Å². The Labute approximate surface area is 254 Å². The summed E-state index contributed by atoms with van der Waals surface area (Å²) >= 11 is 0. The monoisotopic (exact) mass is 588 g/mol. The minimum absolute atomic E-state index is 0.00323. The van der Waals surface area contributed by atoms with Crippen LogP contribution in [0, 0.1) is 0 Å². The van der Waals surface area contributed by atoms with Crippen LogP contribution >= 0.6 is 0 Å². The maximum atomic E-state index is 12.4. The summed E-state index contributed by atoms with van der Waals surface area (Å²) in [6, 6.07) is 12.8. The predicted octanol–water partition coefficient (Wildman–Crippen LogP) is 6.45. The summed E-state index contributed by atoms with van der Waals surface area (Å²) in [6.07, 6.45) is 9.78. The van der Waals surface area contributed by atoms with Crippen molar-refractivity contribution in [2.45, 2.75) is 91.0 Å². The van der Waals surface area contributed by atoms with Crippen molar-refractivity contribution in [3.63, 3.8) is 0 Å². The number of imidazole rings is 1. The number of hydrogen-bond donors (Lipinski definition) is 0. The number of aromatic nitrogens is 4. The first-order valence-corrected chi connectivity index (χ1v) is 15.3. The molecular formula is C33H44N6O4. The summed E-state index contributed by atoms with van der Waals surface area (Å²) in [5, 5.41) is 0. The Morgan fingerprint density at radius 1 is 1.07 bits per heavy atom. The van der Waals surface area contributed by atoms with Crippen LogP contribution in [0.2, 0.25) is 0 Å². The van der Waals surface area contributed by atoms with E-state index in [1.54, 1.807) is 24.1 Å². The largest absolute Gasteiger partial charge is 0.467 e. The van der Waals surface area contributed by atoms with Crippen LogP contribution < -0.4 is 9.80 Å². The first-order chi connectivity index (χ1) is 20.7. The van der Waals surface area contributed by atoms with Crippen LogP contribution in [0.1, 0.15) is 82.6 Å². The highest BCUT2D eigenvalue weighted by atomic mass is 16.5. The summed E-state index contributed by atoms with van der Waals surface area (Å²) < 4.78 is 18.8. The molecule has 10 heteroatoms. The minimum atomic E-state index is -0.363. The second-order valence-corrected chi connectivity index (χ2v) is 12.3. The number of hydrogen-bond acceptors (Lipinski definition) is 9. The van der Waals surface area contributed by atoms with Gasteiger partial charge >= 0.3 is 5.97 Å². The average molecular weight is 589 g/mol. The van der Waals surface area contributed by atoms with Gasteiger partial charge in [0, 0.05) is 13.6 Å². The zero-order chi connectivity index (χ0) is 30.4. The van der Waals surface area contributed by atoms with E-state index in [-0.39, 0.29) is 24.8 Å². The Bertz CT molecular complexity index is 1470. The number of carbonyl (C=O) groups excluding carboxylic acids is 1. The smallest absolute Gasteiger partial charge is 0.326 e. The van der Waals surface area contributed by atoms with Crippen molar-refractivity contribution in [3.8, 4) is 0 Å². The van der Waals surface area contributed by atoms with Gasteiger partial charge in [-0.3, -0.25) is 4.79 Å². The van der Waals surface area contributed by atoms with Crippen molar-refractivity contribution in [1.82, 2.24) is 19.5 Å². The maximum absolute atomic E-state index is 12.4. The summed E-state index contributed by atoms with van der Waals surface area (Å²) in [4.78, 5) is 31.0. The van der Waals surface area contributed by atoms with Gasteiger partial charge in [0.1, 0.15) is 19.0 Å². The van der Waals surface area contributed by atoms with E-state index >= 15 is 0 Å². The van der Waals surface area contributed by atoms with E-state index in [1.165, 1.54) is 37.7 Å². The molecule has 0 saturated heterocycles. The van der Waals surface area contributed by atoms with E-state index in [4.69, 9.17) is 23.9 Å². The van der Waals surface area contributed by atoms with Crippen LogP contribution in [0.4, 0.5) is 11.8 Å². The summed E-state index contributed by atoms with van der Waals surface area (Å²) in [7, 11) is 1.94. The number of nitrogens with zero attached hydrogens (tertiary/aromatic N) is 6. The molecule has 1 aliphatic carbocycles. The zero-order valence-corrected chi connectivity index (χ0v) is 26.1. The number of rotatable bonds is 12. The van der Waals surface area contributed by atoms with Crippen molar-refractivity contribution in [3.05, 3.63) is 65.9 Å². The molecule has 0 radical (unpaired) electrons. The van der Waals surface area contributed by atoms with E-state index in [2.05, 4.69) is 29.2 Å². The van der Waals surface area contributed by atoms with Crippen LogP contribution in [0.15, 0.2) is 53.4 Å². The first-order valence-electron chi connectivity index (χ1n) is 15.3. The normalized spacial score (nSPS) is 14.3. The number of benzene rings is 1. The lowest BCUT2D eigenvalue weighted by molar-refractivity contribution is -0.143. The van der Waals surface area contributed by atoms with Gasteiger partial charge in [0.05, 0.1) is 31.3 Å². The van der Waals surface area contributed by atoms with Crippen LogP contribution in [0.5, 0.6) is 0 Å². The molecule has 1 aliphatic rings. The molecule has 4 aromatic rings. The molecule has 230 valence electrons. The van der Waals surface area contributed by atoms with Gasteiger partial charge in [-0.15, -0.1) is 0 Å². The van der Waals surface area contributed by atoms with Crippen molar-refractivity contribution in [2.75, 3.05) is 30.2 Å². The number of fused-ring (bicyclic) bond motifs is 1. The fourth-order valence-corrected chi connectivity index (χ4v) is 5.50. The molecule has 1 saturated carbocycles. The lowest BCUT2D eigenvalue weighted by Gasteiger charge is -2.29. The number of ether oxygens (including phenoxy) is 2. The molecular weight excluding hydrogens is 544 g/mol. The Morgan fingerprint density at radius 2 is 1.84 bits per heavy atom. The maximum Gasteiger partial charge on any atom is 0.326 e. The van der Waals surface area contributed by atoms with Crippen LogP contribution in [-0.2, 0) is 33.9 Å². The highest BCUT2D eigenvalue weighted by Gasteiger charge is 2.23. The highest BCUT2D eigenvalue weighted by molar-refractivity contribution is 5.86. The van der Waals surface area contributed by atoms with Gasteiger partial charge in [-0.2, -0.15) is 9.97 Å². The summed E-state index contributed by atoms with van der Waals surface area (Å²) in [5.41, 5.74) is 3.34. The molecule has 0 spiro atoms. The third kappa shape index (κ3) is 7.93. The predicted molar refractivity (Wildman–Crippen MR) is 167 cm³/mol. The van der Waals surface area contributed by atoms with Crippen LogP contribution in [0.3, 0.4) is 0 Å². The van der Waals surface area contributed by atoms with Crippen molar-refractivity contribution < 1.29 is 18.7 Å². The third-order valence-electron chi connectivity index (χ3n) is 7.74. The molecule has 5 rings (SSSR count). The molecule has 0 aliphatic heterocycles. The van der Waals surface area contributed by atoms with Gasteiger partial charge in [-0.05, 0) is 69.7 Å². The van der Waals surface area contributed by atoms with Crippen molar-refractivity contribution >= 4 is 28.9 Å². The lowest BCUT2D eigenvalue weighted by Crippen LogP contribution is -2.33. The van der Waals surface area contributed by atoms with Gasteiger partial charge in [-0.25, -0.2) is 4.98 Å². The molecule has 0 unspecified atom stereocenters. The Morgan fingerprint density at radius 3 is 2.51 bits per heavy atom. The number of anilines is 2. The third-order valence-corrected chi connectivity index (χ3v) is 7.74. The van der Waals surface area contributed by atoms with E-state index in [0.717, 1.165) is 11.3 Å². The molecule has 0 amide bonds. The molecule has 1 aromatic carbocycles. The molecule has 0 atom stereocenters. The standard InChI is InChI=1S/C33H44N6O4/c1-6-41-28(40)21-38-22-34-29-30(37(5)20-27-13-10-18-42-27)35-32(36-31(29)38)39(23-43-33(2,3)4)19-24-14-16-26(17-15-24)25-11-8-7-9-12-25/h10,13-18,22,25H,6-9,11-12,19-21,23H2,1-5H3. The zero-order valence-electron chi connectivity index (χ0n) is 26.1. The molecule has 10 nitrogen and oxygen atoms in total. The second kappa shape index (κ2) is 13.6. The number of carbonyl (C=O) groups is 1. The SMILES string of the molecule is CCOC(=O)Cn1cnc2c(N(C)Cc3ccco3)nc(N(COC(C)(C)C)Cc3ccc(C4CCCCC4)cc3)nc21. The van der Waals surface area contributed by atoms with Gasteiger partial charge in [0.15, 0.2) is 17.0 Å². The van der Waals surface area contributed by atoms with Crippen LogP contribution in [0.25, 0.3) is 11.2 Å². The van der Waals surface area contributed by atoms with Gasteiger partial charge in [-0.1, -0.05) is 43.5 Å². The summed E-state index contributed by atoms with van der Waals surface area (Å²) in [6.45, 7) is 9.53. The Kier molecular flexibility index (Phi) is 9.65.